The lowest BCUT2D eigenvalue weighted by atomic mass is 10.1. The quantitative estimate of drug-likeness (QED) is 0.656. The number of benzene rings is 1. The predicted molar refractivity (Wildman–Crippen MR) is 72.9 cm³/mol. The number of aliphatic carboxylic acids is 2. The van der Waals surface area contributed by atoms with Gasteiger partial charge in [0.2, 0.25) is 0 Å². The molecule has 0 bridgehead atoms. The van der Waals surface area contributed by atoms with E-state index < -0.39 is 23.9 Å². The van der Waals surface area contributed by atoms with Gasteiger partial charge in [-0.2, -0.15) is 0 Å². The highest BCUT2D eigenvalue weighted by Gasteiger charge is 2.21. The van der Waals surface area contributed by atoms with Crippen molar-refractivity contribution in [3.8, 4) is 0 Å². The smallest absolute Gasteiger partial charge is 0.326 e. The average molecular weight is 295 g/mol. The third-order valence-electron chi connectivity index (χ3n) is 2.75. The van der Waals surface area contributed by atoms with Crippen molar-refractivity contribution in [3.05, 3.63) is 35.4 Å². The van der Waals surface area contributed by atoms with E-state index in [1.165, 1.54) is 7.11 Å². The molecule has 0 radical (unpaired) electrons. The second-order valence-electron chi connectivity index (χ2n) is 4.43. The van der Waals surface area contributed by atoms with Gasteiger partial charge in [0.15, 0.2) is 0 Å². The fourth-order valence-corrected chi connectivity index (χ4v) is 1.74. The molecule has 21 heavy (non-hydrogen) atoms. The van der Waals surface area contributed by atoms with Crippen LogP contribution in [0, 0.1) is 0 Å². The van der Waals surface area contributed by atoms with Crippen molar-refractivity contribution in [2.24, 2.45) is 0 Å². The number of carboxylic acids is 2. The maximum atomic E-state index is 12.0. The van der Waals surface area contributed by atoms with E-state index >= 15 is 0 Å². The molecular weight excluding hydrogens is 278 g/mol. The molecule has 0 aromatic heterocycles. The summed E-state index contributed by atoms with van der Waals surface area (Å²) in [6.07, 6.45) is -0.505. The van der Waals surface area contributed by atoms with Gasteiger partial charge in [-0.25, -0.2) is 4.79 Å². The maximum Gasteiger partial charge on any atom is 0.326 e. The van der Waals surface area contributed by atoms with Crippen LogP contribution in [-0.4, -0.2) is 41.2 Å². The van der Waals surface area contributed by atoms with Crippen LogP contribution in [0.1, 0.15) is 28.8 Å². The molecule has 1 rings (SSSR count). The number of methoxy groups -OCH3 is 1. The van der Waals surface area contributed by atoms with Crippen molar-refractivity contribution < 1.29 is 29.3 Å². The number of hydrogen-bond acceptors (Lipinski definition) is 4. The van der Waals surface area contributed by atoms with Crippen LogP contribution in [0.2, 0.25) is 0 Å². The van der Waals surface area contributed by atoms with E-state index in [0.717, 1.165) is 5.56 Å². The molecule has 0 saturated carbocycles. The highest BCUT2D eigenvalue weighted by Crippen LogP contribution is 2.08. The van der Waals surface area contributed by atoms with Crippen LogP contribution in [0.3, 0.4) is 0 Å². The summed E-state index contributed by atoms with van der Waals surface area (Å²) in [5, 5.41) is 19.9. The molecule has 0 heterocycles. The first-order valence-corrected chi connectivity index (χ1v) is 6.27. The van der Waals surface area contributed by atoms with Gasteiger partial charge in [0.05, 0.1) is 6.61 Å². The Hall–Kier alpha value is -2.41. The van der Waals surface area contributed by atoms with Crippen LogP contribution in [0.25, 0.3) is 0 Å². The van der Waals surface area contributed by atoms with Crippen molar-refractivity contribution in [3.63, 3.8) is 0 Å². The third kappa shape index (κ3) is 5.62. The van der Waals surface area contributed by atoms with E-state index in [0.29, 0.717) is 12.2 Å². The van der Waals surface area contributed by atoms with Gasteiger partial charge in [-0.05, 0) is 24.1 Å². The minimum absolute atomic E-state index is 0.172. The van der Waals surface area contributed by atoms with Gasteiger partial charge in [0.1, 0.15) is 6.04 Å². The first-order valence-electron chi connectivity index (χ1n) is 6.27. The second kappa shape index (κ2) is 8.01. The van der Waals surface area contributed by atoms with Crippen LogP contribution >= 0.6 is 0 Å². The fourth-order valence-electron chi connectivity index (χ4n) is 1.74. The molecule has 7 nitrogen and oxygen atoms in total. The molecule has 0 aliphatic carbocycles. The van der Waals surface area contributed by atoms with E-state index in [1.807, 2.05) is 0 Å². The minimum atomic E-state index is -1.27. The number of carboxylic acid groups (broad SMARTS) is 2. The minimum Gasteiger partial charge on any atom is -0.481 e. The summed E-state index contributed by atoms with van der Waals surface area (Å²) in [6.45, 7) is 0.336. The first-order chi connectivity index (χ1) is 9.93. The SMILES string of the molecule is COCc1cccc(C(=O)N[C@@H](CCC(=O)O)C(=O)O)c1. The molecule has 1 aromatic carbocycles. The van der Waals surface area contributed by atoms with Gasteiger partial charge < -0.3 is 20.3 Å². The first kappa shape index (κ1) is 16.6. The largest absolute Gasteiger partial charge is 0.481 e. The Morgan fingerprint density at radius 2 is 2.00 bits per heavy atom. The van der Waals surface area contributed by atoms with Gasteiger partial charge in [0, 0.05) is 19.1 Å². The van der Waals surface area contributed by atoms with Gasteiger partial charge in [-0.1, -0.05) is 12.1 Å². The number of carbonyl (C=O) groups excluding carboxylic acids is 1. The molecule has 0 fully saturated rings. The lowest BCUT2D eigenvalue weighted by Gasteiger charge is -2.14. The van der Waals surface area contributed by atoms with Crippen molar-refractivity contribution >= 4 is 17.8 Å². The van der Waals surface area contributed by atoms with Crippen LogP contribution < -0.4 is 5.32 Å². The lowest BCUT2D eigenvalue weighted by Crippen LogP contribution is -2.41. The van der Waals surface area contributed by atoms with Crippen LogP contribution in [-0.2, 0) is 20.9 Å². The van der Waals surface area contributed by atoms with Gasteiger partial charge in [-0.15, -0.1) is 0 Å². The van der Waals surface area contributed by atoms with Crippen LogP contribution in [0.4, 0.5) is 0 Å². The Kier molecular flexibility index (Phi) is 6.35. The zero-order chi connectivity index (χ0) is 15.8. The number of carbonyl (C=O) groups is 3. The van der Waals surface area contributed by atoms with Gasteiger partial charge >= 0.3 is 11.9 Å². The molecule has 0 aliphatic heterocycles. The number of ether oxygens (including phenoxy) is 1. The summed E-state index contributed by atoms with van der Waals surface area (Å²) in [7, 11) is 1.53. The summed E-state index contributed by atoms with van der Waals surface area (Å²) >= 11 is 0. The van der Waals surface area contributed by atoms with Crippen molar-refractivity contribution in [2.45, 2.75) is 25.5 Å². The van der Waals surface area contributed by atoms with Gasteiger partial charge in [-0.3, -0.25) is 9.59 Å². The van der Waals surface area contributed by atoms with Crippen LogP contribution in [0.15, 0.2) is 24.3 Å². The van der Waals surface area contributed by atoms with E-state index in [4.69, 9.17) is 14.9 Å². The van der Waals surface area contributed by atoms with Crippen molar-refractivity contribution in [1.82, 2.24) is 5.32 Å². The summed E-state index contributed by atoms with van der Waals surface area (Å²) < 4.78 is 4.96. The molecule has 1 aromatic rings. The van der Waals surface area contributed by atoms with E-state index in [2.05, 4.69) is 5.32 Å². The summed E-state index contributed by atoms with van der Waals surface area (Å²) in [5.41, 5.74) is 1.08. The Morgan fingerprint density at radius 3 is 2.57 bits per heavy atom. The number of nitrogens with one attached hydrogen (secondary N) is 1. The number of rotatable bonds is 8. The second-order valence-corrected chi connectivity index (χ2v) is 4.43. The molecule has 0 unspecified atom stereocenters. The van der Waals surface area contributed by atoms with E-state index in [9.17, 15) is 14.4 Å². The Morgan fingerprint density at radius 1 is 1.29 bits per heavy atom. The summed E-state index contributed by atoms with van der Waals surface area (Å²) in [6, 6.07) is 5.34. The third-order valence-corrected chi connectivity index (χ3v) is 2.75. The maximum absolute atomic E-state index is 12.0. The topological polar surface area (TPSA) is 113 Å². The molecule has 3 N–H and O–H groups in total. The average Bonchev–Trinajstić information content (AvgIpc) is 2.43. The molecule has 0 spiro atoms. The van der Waals surface area contributed by atoms with E-state index in [-0.39, 0.29) is 12.8 Å². The normalized spacial score (nSPS) is 11.7. The van der Waals surface area contributed by atoms with Gasteiger partial charge in [0.25, 0.3) is 5.91 Å². The molecule has 0 saturated heterocycles. The van der Waals surface area contributed by atoms with Crippen molar-refractivity contribution in [2.75, 3.05) is 7.11 Å². The van der Waals surface area contributed by atoms with E-state index in [1.54, 1.807) is 24.3 Å². The predicted octanol–water partition coefficient (Wildman–Crippen LogP) is 0.881. The number of hydrogen-bond donors (Lipinski definition) is 3. The van der Waals surface area contributed by atoms with Crippen molar-refractivity contribution in [1.29, 1.82) is 0 Å². The molecule has 1 atom stereocenters. The Bertz CT molecular complexity index is 528. The zero-order valence-corrected chi connectivity index (χ0v) is 11.5. The highest BCUT2D eigenvalue weighted by molar-refractivity contribution is 5.96. The highest BCUT2D eigenvalue weighted by atomic mass is 16.5. The summed E-state index contributed by atoms with van der Waals surface area (Å²) in [5.74, 6) is -2.94. The fraction of sp³-hybridized carbons (Fsp3) is 0.357. The standard InChI is InChI=1S/C14H17NO6/c1-21-8-9-3-2-4-10(7-9)13(18)15-11(14(19)20)5-6-12(16)17/h2-4,7,11H,5-6,8H2,1H3,(H,15,18)(H,16,17)(H,19,20)/t11-/m0/s1. The molecule has 114 valence electrons. The Labute approximate surface area is 121 Å². The monoisotopic (exact) mass is 295 g/mol. The molecule has 1 amide bonds. The number of amides is 1. The summed E-state index contributed by atoms with van der Waals surface area (Å²) in [4.78, 5) is 33.5. The molecular formula is C14H17NO6. The molecule has 0 aliphatic rings. The molecule has 7 heteroatoms. The zero-order valence-electron chi connectivity index (χ0n) is 11.5. The lowest BCUT2D eigenvalue weighted by molar-refractivity contribution is -0.140. The Balaban J connectivity index is 2.74. The van der Waals surface area contributed by atoms with Crippen LogP contribution in [0.5, 0.6) is 0 Å².